The summed E-state index contributed by atoms with van der Waals surface area (Å²) in [4.78, 5) is 44.2. The zero-order valence-electron chi connectivity index (χ0n) is 19.1. The molecule has 2 saturated heterocycles. The van der Waals surface area contributed by atoms with E-state index in [1.807, 2.05) is 12.1 Å². The first-order valence-corrected chi connectivity index (χ1v) is 11.0. The van der Waals surface area contributed by atoms with Gasteiger partial charge >= 0.3 is 0 Å². The molecule has 2 aromatic rings. The third-order valence-electron chi connectivity index (χ3n) is 6.68. The molecule has 2 aliphatic rings. The number of pyridine rings is 1. The summed E-state index contributed by atoms with van der Waals surface area (Å²) >= 11 is 0. The summed E-state index contributed by atoms with van der Waals surface area (Å²) in [6.07, 6.45) is 10.4. The second-order valence-corrected chi connectivity index (χ2v) is 8.18. The van der Waals surface area contributed by atoms with Crippen LogP contribution in [0.2, 0.25) is 0 Å². The van der Waals surface area contributed by atoms with Crippen LogP contribution in [0.3, 0.4) is 0 Å². The second kappa shape index (κ2) is 12.7. The fraction of sp³-hybridized carbons (Fsp3) is 0.522. The van der Waals surface area contributed by atoms with Crippen molar-refractivity contribution in [1.29, 1.82) is 0 Å². The highest BCUT2D eigenvalue weighted by atomic mass is 16.3. The summed E-state index contributed by atoms with van der Waals surface area (Å²) in [6.45, 7) is 5.26. The summed E-state index contributed by atoms with van der Waals surface area (Å²) in [5.74, 6) is 0.231. The van der Waals surface area contributed by atoms with Gasteiger partial charge in [0.1, 0.15) is 0 Å². The van der Waals surface area contributed by atoms with E-state index in [1.54, 1.807) is 18.7 Å². The molecule has 10 nitrogen and oxygen atoms in total. The number of imidazole rings is 1. The van der Waals surface area contributed by atoms with Crippen LogP contribution in [0.5, 0.6) is 0 Å². The number of H-pyrrole nitrogens is 1. The first-order valence-electron chi connectivity index (χ1n) is 11.0. The fourth-order valence-electron chi connectivity index (χ4n) is 5.10. The number of rotatable bonds is 7. The van der Waals surface area contributed by atoms with Crippen molar-refractivity contribution in [2.24, 2.45) is 5.41 Å². The van der Waals surface area contributed by atoms with Crippen molar-refractivity contribution in [1.82, 2.24) is 25.2 Å². The number of nitrogens with one attached hydrogen (secondary N) is 2. The Bertz CT molecular complexity index is 884. The number of nitrogens with zero attached hydrogens (tertiary/aromatic N) is 3. The van der Waals surface area contributed by atoms with Crippen LogP contribution in [0.1, 0.15) is 49.6 Å². The lowest BCUT2D eigenvalue weighted by atomic mass is 9.71. The maximum Gasteiger partial charge on any atom is 0.290 e. The van der Waals surface area contributed by atoms with Crippen LogP contribution in [0.15, 0.2) is 30.9 Å². The van der Waals surface area contributed by atoms with Gasteiger partial charge in [0.05, 0.1) is 17.4 Å². The smallest absolute Gasteiger partial charge is 0.290 e. The zero-order valence-corrected chi connectivity index (χ0v) is 19.1. The van der Waals surface area contributed by atoms with E-state index in [0.29, 0.717) is 18.6 Å². The Morgan fingerprint density at radius 2 is 1.94 bits per heavy atom. The third kappa shape index (κ3) is 6.16. The number of fused-ring (bicyclic) bond motifs is 2. The molecule has 0 unspecified atom stereocenters. The molecule has 2 fully saturated rings. The third-order valence-corrected chi connectivity index (χ3v) is 6.68. The SMILES string of the molecule is CC[C@@]1(C(=O)NCCc2ccncc2)C[C@@H]2CC[C@H]1N2Cc1nc[nH]c1C.O=CO.O=CO. The van der Waals surface area contributed by atoms with Crippen molar-refractivity contribution in [3.8, 4) is 0 Å². The van der Waals surface area contributed by atoms with E-state index < -0.39 is 0 Å². The van der Waals surface area contributed by atoms with E-state index in [2.05, 4.69) is 39.0 Å². The van der Waals surface area contributed by atoms with Gasteiger partial charge in [0, 0.05) is 43.3 Å². The van der Waals surface area contributed by atoms with Gasteiger partial charge in [0.2, 0.25) is 5.91 Å². The van der Waals surface area contributed by atoms with Crippen molar-refractivity contribution in [2.75, 3.05) is 6.54 Å². The molecule has 2 aromatic heterocycles. The number of carbonyl (C=O) groups excluding carboxylic acids is 1. The second-order valence-electron chi connectivity index (χ2n) is 8.18. The number of amides is 1. The van der Waals surface area contributed by atoms with Crippen molar-refractivity contribution in [2.45, 2.75) is 64.6 Å². The van der Waals surface area contributed by atoms with Crippen molar-refractivity contribution >= 4 is 18.9 Å². The quantitative estimate of drug-likeness (QED) is 0.460. The lowest BCUT2D eigenvalue weighted by molar-refractivity contribution is -0.133. The molecule has 4 rings (SSSR count). The van der Waals surface area contributed by atoms with E-state index in [9.17, 15) is 4.79 Å². The molecule has 3 atom stereocenters. The molecule has 2 aliphatic heterocycles. The number of aryl methyl sites for hydroxylation is 1. The Kier molecular flexibility index (Phi) is 9.99. The van der Waals surface area contributed by atoms with Crippen molar-refractivity contribution in [3.05, 3.63) is 47.8 Å². The van der Waals surface area contributed by atoms with Crippen LogP contribution in [0, 0.1) is 12.3 Å². The lowest BCUT2D eigenvalue weighted by Crippen LogP contribution is -2.49. The molecular weight excluding hydrogens is 426 g/mol. The molecule has 0 spiro atoms. The van der Waals surface area contributed by atoms with Crippen molar-refractivity contribution in [3.63, 3.8) is 0 Å². The molecule has 0 aliphatic carbocycles. The number of hydrogen-bond donors (Lipinski definition) is 4. The highest BCUT2D eigenvalue weighted by Gasteiger charge is 2.58. The minimum Gasteiger partial charge on any atom is -0.483 e. The van der Waals surface area contributed by atoms with Gasteiger partial charge < -0.3 is 20.5 Å². The van der Waals surface area contributed by atoms with Gasteiger partial charge in [-0.1, -0.05) is 6.92 Å². The Morgan fingerprint density at radius 3 is 2.52 bits per heavy atom. The molecule has 4 N–H and O–H groups in total. The zero-order chi connectivity index (χ0) is 24.3. The predicted molar refractivity (Wildman–Crippen MR) is 121 cm³/mol. The van der Waals surface area contributed by atoms with Gasteiger partial charge in [-0.25, -0.2) is 4.98 Å². The lowest BCUT2D eigenvalue weighted by Gasteiger charge is -2.35. The highest BCUT2D eigenvalue weighted by molar-refractivity contribution is 5.84. The normalized spacial score (nSPS) is 23.0. The van der Waals surface area contributed by atoms with Gasteiger partial charge in [-0.3, -0.25) is 24.3 Å². The maximum atomic E-state index is 13.2. The fourth-order valence-corrected chi connectivity index (χ4v) is 5.10. The Morgan fingerprint density at radius 1 is 1.27 bits per heavy atom. The first kappa shape index (κ1) is 26.0. The number of carboxylic acid groups (broad SMARTS) is 2. The molecule has 0 aromatic carbocycles. The van der Waals surface area contributed by atoms with Gasteiger partial charge in [0.15, 0.2) is 0 Å². The summed E-state index contributed by atoms with van der Waals surface area (Å²) in [6, 6.07) is 4.84. The number of hydrogen-bond acceptors (Lipinski definition) is 6. The molecule has 33 heavy (non-hydrogen) atoms. The average molecular weight is 460 g/mol. The van der Waals surface area contributed by atoms with Crippen LogP contribution in [-0.2, 0) is 27.3 Å². The van der Waals surface area contributed by atoms with Crippen molar-refractivity contribution < 1.29 is 24.6 Å². The molecule has 0 saturated carbocycles. The van der Waals surface area contributed by atoms with Crippen LogP contribution in [-0.4, -0.2) is 67.5 Å². The minimum absolute atomic E-state index is 0.231. The van der Waals surface area contributed by atoms with E-state index >= 15 is 0 Å². The van der Waals surface area contributed by atoms with Gasteiger partial charge in [0.25, 0.3) is 12.9 Å². The minimum atomic E-state index is -0.259. The summed E-state index contributed by atoms with van der Waals surface area (Å²) in [7, 11) is 0. The largest absolute Gasteiger partial charge is 0.483 e. The average Bonchev–Trinajstić information content (AvgIpc) is 3.49. The summed E-state index contributed by atoms with van der Waals surface area (Å²) < 4.78 is 0. The van der Waals surface area contributed by atoms with Crippen LogP contribution in [0.25, 0.3) is 0 Å². The molecule has 180 valence electrons. The Hall–Kier alpha value is -3.27. The first-order chi connectivity index (χ1) is 16.0. The predicted octanol–water partition coefficient (Wildman–Crippen LogP) is 2.01. The van der Waals surface area contributed by atoms with Crippen LogP contribution in [0.4, 0.5) is 0 Å². The van der Waals surface area contributed by atoms with Gasteiger partial charge in [-0.05, 0) is 56.7 Å². The van der Waals surface area contributed by atoms with Gasteiger partial charge in [-0.2, -0.15) is 0 Å². The topological polar surface area (TPSA) is 149 Å². The van der Waals surface area contributed by atoms with Crippen LogP contribution >= 0.6 is 0 Å². The molecule has 10 heteroatoms. The summed E-state index contributed by atoms with van der Waals surface area (Å²) in [5, 5.41) is 17.0. The van der Waals surface area contributed by atoms with E-state index in [4.69, 9.17) is 19.8 Å². The van der Waals surface area contributed by atoms with Gasteiger partial charge in [-0.15, -0.1) is 0 Å². The maximum absolute atomic E-state index is 13.2. The molecular formula is C23H33N5O5. The standard InChI is InChI=1S/C21H29N5O.2CH2O2/c1-3-21(20(27)23-11-8-16-6-9-22-10-7-16)12-17-4-5-19(21)26(17)13-18-15(2)24-14-25-18;2*2-1-3/h6-7,9-10,14,17,19H,3-5,8,11-13H2,1-2H3,(H,23,27)(H,24,25);2*1H,(H,2,3)/t17-,19+,21+;;/m0../s1. The number of aromatic amines is 1. The van der Waals surface area contributed by atoms with E-state index in [-0.39, 0.29) is 24.3 Å². The summed E-state index contributed by atoms with van der Waals surface area (Å²) in [5.41, 5.74) is 3.19. The van der Waals surface area contributed by atoms with Crippen LogP contribution < -0.4 is 5.32 Å². The molecule has 1 amide bonds. The number of carbonyl (C=O) groups is 3. The van der Waals surface area contributed by atoms with E-state index in [0.717, 1.165) is 43.6 Å². The Balaban J connectivity index is 0.000000582. The Labute approximate surface area is 193 Å². The molecule has 4 heterocycles. The number of aromatic nitrogens is 3. The molecule has 2 bridgehead atoms. The monoisotopic (exact) mass is 459 g/mol. The van der Waals surface area contributed by atoms with E-state index in [1.165, 1.54) is 12.0 Å². The highest BCUT2D eigenvalue weighted by Crippen LogP contribution is 2.52. The molecule has 0 radical (unpaired) electrons.